The van der Waals surface area contributed by atoms with Crippen LogP contribution in [-0.4, -0.2) is 65.8 Å². The molecule has 1 aliphatic heterocycles. The van der Waals surface area contributed by atoms with E-state index < -0.39 is 51.1 Å². The quantitative estimate of drug-likeness (QED) is 0.199. The Bertz CT molecular complexity index is 1750. The van der Waals surface area contributed by atoms with Crippen molar-refractivity contribution >= 4 is 32.9 Å². The molecule has 0 spiro atoms. The van der Waals surface area contributed by atoms with Crippen LogP contribution in [0.3, 0.4) is 0 Å². The van der Waals surface area contributed by atoms with Gasteiger partial charge in [-0.2, -0.15) is 4.31 Å². The zero-order valence-corrected chi connectivity index (χ0v) is 25.6. The van der Waals surface area contributed by atoms with E-state index in [9.17, 15) is 32.9 Å². The third-order valence-electron chi connectivity index (χ3n) is 6.84. The van der Waals surface area contributed by atoms with Gasteiger partial charge in [0.15, 0.2) is 6.73 Å². The zero-order chi connectivity index (χ0) is 32.2. The number of esters is 1. The first kappa shape index (κ1) is 32.4. The molecule has 236 valence electrons. The van der Waals surface area contributed by atoms with Crippen LogP contribution in [-0.2, 0) is 37.5 Å². The summed E-state index contributed by atoms with van der Waals surface area (Å²) in [4.78, 5) is 52.9. The van der Waals surface area contributed by atoms with E-state index in [2.05, 4.69) is 10.2 Å². The predicted molar refractivity (Wildman–Crippen MR) is 158 cm³/mol. The summed E-state index contributed by atoms with van der Waals surface area (Å²) in [6.45, 7) is 6.50. The van der Waals surface area contributed by atoms with Crippen LogP contribution in [0.1, 0.15) is 48.7 Å². The molecule has 1 atom stereocenters. The standard InChI is InChI=1S/C29H34N4O10S/c1-19-16-31(18-41-27(35)21-8-5-7-20(15-21)12-14-42-33(37)38)26(34)23-9-6-10-24(25(19)23)44(39,40)32-13-11-22(17-32)30-28(36)43-29(2,3)4/h5-10,15-16,22H,11-14,17-18H2,1-4H3,(H,30,36)/t22-/m0/s1. The number of fused-ring (bicyclic) bond motifs is 1. The third-order valence-corrected chi connectivity index (χ3v) is 8.74. The van der Waals surface area contributed by atoms with E-state index in [-0.39, 0.29) is 47.3 Å². The number of carbonyl (C=O) groups excluding carboxylic acids is 2. The van der Waals surface area contributed by atoms with E-state index in [1.54, 1.807) is 39.8 Å². The van der Waals surface area contributed by atoms with Gasteiger partial charge in [0.2, 0.25) is 10.0 Å². The molecule has 0 unspecified atom stereocenters. The van der Waals surface area contributed by atoms with Gasteiger partial charge in [0.25, 0.3) is 10.6 Å². The Morgan fingerprint density at radius 3 is 2.59 bits per heavy atom. The monoisotopic (exact) mass is 630 g/mol. The predicted octanol–water partition coefficient (Wildman–Crippen LogP) is 3.16. The van der Waals surface area contributed by atoms with Crippen molar-refractivity contribution in [1.29, 1.82) is 0 Å². The van der Waals surface area contributed by atoms with E-state index in [0.717, 1.165) is 0 Å². The number of alkyl carbamates (subject to hydrolysis) is 1. The number of sulfonamides is 1. The number of hydrogen-bond acceptors (Lipinski definition) is 10. The Labute approximate surface area is 253 Å². The minimum absolute atomic E-state index is 0.0375. The Balaban J connectivity index is 1.50. The average Bonchev–Trinajstić information content (AvgIpc) is 3.41. The number of benzene rings is 2. The van der Waals surface area contributed by atoms with Crippen LogP contribution in [0.4, 0.5) is 4.79 Å². The van der Waals surface area contributed by atoms with Gasteiger partial charge in [-0.3, -0.25) is 9.36 Å². The number of ether oxygens (including phenoxy) is 2. The van der Waals surface area contributed by atoms with Gasteiger partial charge in [0.05, 0.1) is 10.5 Å². The van der Waals surface area contributed by atoms with Crippen molar-refractivity contribution in [2.75, 3.05) is 19.7 Å². The molecule has 2 aromatic carbocycles. The summed E-state index contributed by atoms with van der Waals surface area (Å²) in [5, 5.41) is 12.6. The van der Waals surface area contributed by atoms with Gasteiger partial charge in [0, 0.05) is 36.1 Å². The highest BCUT2D eigenvalue weighted by molar-refractivity contribution is 7.89. The minimum atomic E-state index is -4.04. The SMILES string of the molecule is Cc1cn(COC(=O)c2cccc(CCO[N+](=O)[O-])c2)c(=O)c2cccc(S(=O)(=O)N3CC[C@H](NC(=O)OC(C)(C)C)C3)c12. The summed E-state index contributed by atoms with van der Waals surface area (Å²) in [6, 6.07) is 10.3. The van der Waals surface area contributed by atoms with E-state index in [4.69, 9.17) is 9.47 Å². The lowest BCUT2D eigenvalue weighted by molar-refractivity contribution is -0.757. The topological polar surface area (TPSA) is 176 Å². The Hall–Kier alpha value is -4.50. The number of carbonyl (C=O) groups is 2. The van der Waals surface area contributed by atoms with Crippen LogP contribution in [0.25, 0.3) is 10.8 Å². The summed E-state index contributed by atoms with van der Waals surface area (Å²) in [5.74, 6) is -0.716. The highest BCUT2D eigenvalue weighted by atomic mass is 32.2. The van der Waals surface area contributed by atoms with Crippen LogP contribution in [0.15, 0.2) is 58.4 Å². The highest BCUT2D eigenvalue weighted by Gasteiger charge is 2.35. The van der Waals surface area contributed by atoms with Crippen LogP contribution in [0.2, 0.25) is 0 Å². The fourth-order valence-electron chi connectivity index (χ4n) is 4.92. The first-order valence-electron chi connectivity index (χ1n) is 13.8. The number of pyridine rings is 1. The Morgan fingerprint density at radius 1 is 1.16 bits per heavy atom. The summed E-state index contributed by atoms with van der Waals surface area (Å²) in [7, 11) is -4.04. The molecule has 3 aromatic rings. The average molecular weight is 631 g/mol. The van der Waals surface area contributed by atoms with Gasteiger partial charge >= 0.3 is 12.1 Å². The molecule has 0 saturated carbocycles. The number of hydrogen-bond donors (Lipinski definition) is 1. The van der Waals surface area contributed by atoms with E-state index >= 15 is 0 Å². The van der Waals surface area contributed by atoms with E-state index in [1.807, 2.05) is 0 Å². The number of nitrogens with zero attached hydrogens (tertiary/aromatic N) is 3. The molecule has 1 saturated heterocycles. The van der Waals surface area contributed by atoms with Gasteiger partial charge < -0.3 is 19.6 Å². The normalized spacial score (nSPS) is 15.6. The second-order valence-corrected chi connectivity index (χ2v) is 13.2. The first-order chi connectivity index (χ1) is 20.7. The van der Waals surface area contributed by atoms with Crippen molar-refractivity contribution in [3.05, 3.63) is 85.8 Å². The third kappa shape index (κ3) is 7.71. The maximum Gasteiger partial charge on any atom is 0.407 e. The van der Waals surface area contributed by atoms with Crippen molar-refractivity contribution in [3.63, 3.8) is 0 Å². The van der Waals surface area contributed by atoms with E-state index in [1.165, 1.54) is 45.4 Å². The maximum atomic E-state index is 13.7. The summed E-state index contributed by atoms with van der Waals surface area (Å²) in [6.07, 6.45) is 1.41. The molecular formula is C29H34N4O10S. The molecule has 14 nitrogen and oxygen atoms in total. The number of rotatable bonds is 10. The molecule has 1 amide bonds. The van der Waals surface area contributed by atoms with Crippen molar-refractivity contribution in [1.82, 2.24) is 14.2 Å². The molecule has 0 radical (unpaired) electrons. The molecular weight excluding hydrogens is 596 g/mol. The lowest BCUT2D eigenvalue weighted by atomic mass is 10.1. The number of nitrogens with one attached hydrogen (secondary N) is 1. The van der Waals surface area contributed by atoms with Gasteiger partial charge in [-0.1, -0.05) is 18.2 Å². The molecule has 15 heteroatoms. The zero-order valence-electron chi connectivity index (χ0n) is 24.8. The lowest BCUT2D eigenvalue weighted by Crippen LogP contribution is -2.41. The summed E-state index contributed by atoms with van der Waals surface area (Å²) >= 11 is 0. The number of aryl methyl sites for hydroxylation is 1. The van der Waals surface area contributed by atoms with Crippen molar-refractivity contribution < 1.29 is 37.4 Å². The summed E-state index contributed by atoms with van der Waals surface area (Å²) in [5.41, 5.74) is 0.0482. The van der Waals surface area contributed by atoms with Crippen molar-refractivity contribution in [2.24, 2.45) is 0 Å². The second-order valence-electron chi connectivity index (χ2n) is 11.3. The van der Waals surface area contributed by atoms with Crippen LogP contribution in [0.5, 0.6) is 0 Å². The van der Waals surface area contributed by atoms with Gasteiger partial charge in [-0.15, -0.1) is 10.1 Å². The molecule has 44 heavy (non-hydrogen) atoms. The molecule has 2 heterocycles. The van der Waals surface area contributed by atoms with Gasteiger partial charge in [-0.05, 0) is 75.9 Å². The molecule has 1 aliphatic rings. The minimum Gasteiger partial charge on any atom is -0.444 e. The molecule has 1 N–H and O–H groups in total. The van der Waals surface area contributed by atoms with Crippen LogP contribution in [0, 0.1) is 17.0 Å². The van der Waals surface area contributed by atoms with Gasteiger partial charge in [-0.25, -0.2) is 18.0 Å². The molecule has 1 fully saturated rings. The molecule has 1 aromatic heterocycles. The van der Waals surface area contributed by atoms with Crippen molar-refractivity contribution in [2.45, 2.75) is 63.8 Å². The fraction of sp³-hybridized carbons (Fsp3) is 0.414. The van der Waals surface area contributed by atoms with Crippen LogP contribution >= 0.6 is 0 Å². The Morgan fingerprint density at radius 2 is 1.89 bits per heavy atom. The second kappa shape index (κ2) is 13.0. The fourth-order valence-corrected chi connectivity index (χ4v) is 6.70. The van der Waals surface area contributed by atoms with Crippen LogP contribution < -0.4 is 10.9 Å². The van der Waals surface area contributed by atoms with E-state index in [0.29, 0.717) is 17.5 Å². The largest absolute Gasteiger partial charge is 0.444 e. The summed E-state index contributed by atoms with van der Waals surface area (Å²) < 4.78 is 40.5. The number of aromatic nitrogens is 1. The van der Waals surface area contributed by atoms with Crippen molar-refractivity contribution in [3.8, 4) is 0 Å². The van der Waals surface area contributed by atoms with Gasteiger partial charge in [0.1, 0.15) is 12.2 Å². The molecule has 4 rings (SSSR count). The Kier molecular flexibility index (Phi) is 9.59. The number of amides is 1. The molecule has 0 bridgehead atoms. The molecule has 0 aliphatic carbocycles. The maximum absolute atomic E-state index is 13.7. The highest BCUT2D eigenvalue weighted by Crippen LogP contribution is 2.29. The lowest BCUT2D eigenvalue weighted by Gasteiger charge is -2.22. The first-order valence-corrected chi connectivity index (χ1v) is 15.3. The smallest absolute Gasteiger partial charge is 0.407 e.